The molecule has 2 aromatic rings. The van der Waals surface area contributed by atoms with Gasteiger partial charge in [-0.25, -0.2) is 5.43 Å². The van der Waals surface area contributed by atoms with Crippen molar-refractivity contribution in [3.63, 3.8) is 0 Å². The zero-order valence-electron chi connectivity index (χ0n) is 12.8. The van der Waals surface area contributed by atoms with Crippen molar-refractivity contribution in [2.24, 2.45) is 5.10 Å². The first-order valence-electron chi connectivity index (χ1n) is 6.96. The summed E-state index contributed by atoms with van der Waals surface area (Å²) in [4.78, 5) is 23.5. The van der Waals surface area contributed by atoms with E-state index in [9.17, 15) is 14.7 Å². The summed E-state index contributed by atoms with van der Waals surface area (Å²) in [6.07, 6.45) is 1.26. The van der Waals surface area contributed by atoms with Crippen LogP contribution in [0.1, 0.15) is 16.7 Å². The van der Waals surface area contributed by atoms with E-state index in [-0.39, 0.29) is 5.75 Å². The van der Waals surface area contributed by atoms with Gasteiger partial charge in [-0.15, -0.1) is 0 Å². The molecule has 0 aliphatic rings. The number of hydrogen-bond acceptors (Lipinski definition) is 4. The standard InChI is InChI=1S/C17H17N3O3/c1-11-7-12(2)9-14(8-11)19-16(22)17(23)20-18-10-13-5-3-4-6-15(13)21/h3-10,21H,1-2H3,(H,19,22)(H,20,23)/b18-10+. The highest BCUT2D eigenvalue weighted by Gasteiger charge is 2.13. The quantitative estimate of drug-likeness (QED) is 0.460. The van der Waals surface area contributed by atoms with Crippen LogP contribution in [0.15, 0.2) is 47.6 Å². The topological polar surface area (TPSA) is 90.8 Å². The van der Waals surface area contributed by atoms with E-state index >= 15 is 0 Å². The summed E-state index contributed by atoms with van der Waals surface area (Å²) in [6, 6.07) is 12.0. The average molecular weight is 311 g/mol. The molecule has 6 nitrogen and oxygen atoms in total. The third kappa shape index (κ3) is 4.67. The van der Waals surface area contributed by atoms with E-state index in [1.165, 1.54) is 12.3 Å². The number of carbonyl (C=O) groups is 2. The molecule has 0 spiro atoms. The molecule has 0 aromatic heterocycles. The number of anilines is 1. The summed E-state index contributed by atoms with van der Waals surface area (Å²) >= 11 is 0. The Morgan fingerprint density at radius 2 is 1.70 bits per heavy atom. The number of para-hydroxylation sites is 1. The third-order valence-corrected chi connectivity index (χ3v) is 2.99. The van der Waals surface area contributed by atoms with Gasteiger partial charge in [-0.05, 0) is 49.2 Å². The highest BCUT2D eigenvalue weighted by molar-refractivity contribution is 6.39. The Kier molecular flexibility index (Phi) is 5.09. The Hall–Kier alpha value is -3.15. The zero-order valence-corrected chi connectivity index (χ0v) is 12.8. The molecule has 0 aliphatic carbocycles. The lowest BCUT2D eigenvalue weighted by Gasteiger charge is -2.06. The van der Waals surface area contributed by atoms with E-state index in [1.54, 1.807) is 30.3 Å². The van der Waals surface area contributed by atoms with Crippen LogP contribution in [0, 0.1) is 13.8 Å². The second-order valence-electron chi connectivity index (χ2n) is 5.09. The Bertz CT molecular complexity index is 749. The van der Waals surface area contributed by atoms with Gasteiger partial charge in [0, 0.05) is 11.3 Å². The van der Waals surface area contributed by atoms with E-state index in [0.717, 1.165) is 11.1 Å². The molecule has 0 saturated heterocycles. The molecule has 0 aliphatic heterocycles. The maximum atomic E-state index is 11.8. The van der Waals surface area contributed by atoms with Crippen molar-refractivity contribution >= 4 is 23.7 Å². The molecule has 0 atom stereocenters. The van der Waals surface area contributed by atoms with Gasteiger partial charge >= 0.3 is 11.8 Å². The number of carbonyl (C=O) groups excluding carboxylic acids is 2. The van der Waals surface area contributed by atoms with Crippen molar-refractivity contribution < 1.29 is 14.7 Å². The van der Waals surface area contributed by atoms with Gasteiger partial charge in [0.1, 0.15) is 5.75 Å². The highest BCUT2D eigenvalue weighted by atomic mass is 16.3. The molecule has 23 heavy (non-hydrogen) atoms. The van der Waals surface area contributed by atoms with Gasteiger partial charge in [-0.1, -0.05) is 18.2 Å². The molecule has 0 unspecified atom stereocenters. The van der Waals surface area contributed by atoms with Gasteiger partial charge in [0.05, 0.1) is 6.21 Å². The number of hydrogen-bond donors (Lipinski definition) is 3. The molecule has 0 fully saturated rings. The van der Waals surface area contributed by atoms with Gasteiger partial charge in [-0.3, -0.25) is 9.59 Å². The second kappa shape index (κ2) is 7.22. The second-order valence-corrected chi connectivity index (χ2v) is 5.09. The molecule has 3 N–H and O–H groups in total. The van der Waals surface area contributed by atoms with E-state index in [1.807, 2.05) is 19.9 Å². The number of aryl methyl sites for hydroxylation is 2. The largest absolute Gasteiger partial charge is 0.507 e. The molecular formula is C17H17N3O3. The highest BCUT2D eigenvalue weighted by Crippen LogP contribution is 2.14. The molecular weight excluding hydrogens is 294 g/mol. The van der Waals surface area contributed by atoms with Crippen LogP contribution < -0.4 is 10.7 Å². The summed E-state index contributed by atoms with van der Waals surface area (Å²) in [5, 5.41) is 15.7. The minimum Gasteiger partial charge on any atom is -0.507 e. The number of amides is 2. The summed E-state index contributed by atoms with van der Waals surface area (Å²) in [6.45, 7) is 3.80. The third-order valence-electron chi connectivity index (χ3n) is 2.99. The first-order chi connectivity index (χ1) is 11.0. The lowest BCUT2D eigenvalue weighted by Crippen LogP contribution is -2.32. The summed E-state index contributed by atoms with van der Waals surface area (Å²) in [5.41, 5.74) is 5.07. The van der Waals surface area contributed by atoms with Crippen molar-refractivity contribution in [2.45, 2.75) is 13.8 Å². The number of aromatic hydroxyl groups is 1. The van der Waals surface area contributed by atoms with Gasteiger partial charge in [0.25, 0.3) is 0 Å². The zero-order chi connectivity index (χ0) is 16.8. The fraction of sp³-hybridized carbons (Fsp3) is 0.118. The normalized spacial score (nSPS) is 10.5. The molecule has 2 rings (SSSR count). The predicted molar refractivity (Wildman–Crippen MR) is 88.4 cm³/mol. The summed E-state index contributed by atoms with van der Waals surface area (Å²) in [5.74, 6) is -1.68. The smallest absolute Gasteiger partial charge is 0.329 e. The van der Waals surface area contributed by atoms with Crippen LogP contribution in [-0.2, 0) is 9.59 Å². The van der Waals surface area contributed by atoms with E-state index in [4.69, 9.17) is 0 Å². The first-order valence-corrected chi connectivity index (χ1v) is 6.96. The Balaban J connectivity index is 1.95. The van der Waals surface area contributed by atoms with Crippen LogP contribution in [0.3, 0.4) is 0 Å². The van der Waals surface area contributed by atoms with Crippen molar-refractivity contribution in [2.75, 3.05) is 5.32 Å². The molecule has 2 amide bonds. The number of phenols is 1. The monoisotopic (exact) mass is 311 g/mol. The van der Waals surface area contributed by atoms with Crippen LogP contribution in [0.25, 0.3) is 0 Å². The molecule has 0 saturated carbocycles. The van der Waals surface area contributed by atoms with E-state index in [2.05, 4.69) is 15.8 Å². The minimum absolute atomic E-state index is 0.0326. The number of phenolic OH excluding ortho intramolecular Hbond substituents is 1. The number of benzene rings is 2. The number of rotatable bonds is 3. The molecule has 118 valence electrons. The maximum Gasteiger partial charge on any atom is 0.329 e. The summed E-state index contributed by atoms with van der Waals surface area (Å²) < 4.78 is 0. The minimum atomic E-state index is -0.893. The Labute approximate surface area is 133 Å². The van der Waals surface area contributed by atoms with Crippen molar-refractivity contribution in [3.8, 4) is 5.75 Å². The van der Waals surface area contributed by atoms with E-state index in [0.29, 0.717) is 11.3 Å². The molecule has 6 heteroatoms. The predicted octanol–water partition coefficient (Wildman–Crippen LogP) is 2.10. The van der Waals surface area contributed by atoms with Crippen molar-refractivity contribution in [1.82, 2.24) is 5.43 Å². The lowest BCUT2D eigenvalue weighted by atomic mass is 10.1. The van der Waals surface area contributed by atoms with Gasteiger partial charge in [-0.2, -0.15) is 5.10 Å². The van der Waals surface area contributed by atoms with Crippen LogP contribution >= 0.6 is 0 Å². The Morgan fingerprint density at radius 3 is 2.35 bits per heavy atom. The Morgan fingerprint density at radius 1 is 1.04 bits per heavy atom. The molecule has 2 aromatic carbocycles. The van der Waals surface area contributed by atoms with Crippen molar-refractivity contribution in [3.05, 3.63) is 59.2 Å². The fourth-order valence-electron chi connectivity index (χ4n) is 2.04. The van der Waals surface area contributed by atoms with Crippen LogP contribution in [-0.4, -0.2) is 23.1 Å². The van der Waals surface area contributed by atoms with Gasteiger partial charge in [0.15, 0.2) is 0 Å². The van der Waals surface area contributed by atoms with Crippen LogP contribution in [0.4, 0.5) is 5.69 Å². The molecule has 0 heterocycles. The molecule has 0 bridgehead atoms. The SMILES string of the molecule is Cc1cc(C)cc(NC(=O)C(=O)N/N=C/c2ccccc2O)c1. The van der Waals surface area contributed by atoms with Crippen LogP contribution in [0.2, 0.25) is 0 Å². The van der Waals surface area contributed by atoms with Crippen LogP contribution in [0.5, 0.6) is 5.75 Å². The first kappa shape index (κ1) is 16.2. The lowest BCUT2D eigenvalue weighted by molar-refractivity contribution is -0.136. The fourth-order valence-corrected chi connectivity index (χ4v) is 2.04. The summed E-state index contributed by atoms with van der Waals surface area (Å²) in [7, 11) is 0. The average Bonchev–Trinajstić information content (AvgIpc) is 2.48. The van der Waals surface area contributed by atoms with Gasteiger partial charge in [0.2, 0.25) is 0 Å². The number of nitrogens with one attached hydrogen (secondary N) is 2. The van der Waals surface area contributed by atoms with E-state index < -0.39 is 11.8 Å². The number of hydrazone groups is 1. The van der Waals surface area contributed by atoms with Crippen molar-refractivity contribution in [1.29, 1.82) is 0 Å². The van der Waals surface area contributed by atoms with Gasteiger partial charge < -0.3 is 10.4 Å². The maximum absolute atomic E-state index is 11.8. The number of nitrogens with zero attached hydrogens (tertiary/aromatic N) is 1. The molecule has 0 radical (unpaired) electrons.